The Balaban J connectivity index is 0.00000392. The van der Waals surface area contributed by atoms with E-state index in [0.29, 0.717) is 18.6 Å². The zero-order valence-electron chi connectivity index (χ0n) is 17.0. The Hall–Kier alpha value is -0.910. The second-order valence-corrected chi connectivity index (χ2v) is 8.81. The molecule has 1 aliphatic rings. The van der Waals surface area contributed by atoms with E-state index in [2.05, 4.69) is 41.3 Å². The highest BCUT2D eigenvalue weighted by Gasteiger charge is 2.21. The number of nitrogens with two attached hydrogens (primary N) is 1. The Labute approximate surface area is 186 Å². The predicted octanol–water partition coefficient (Wildman–Crippen LogP) is 1.92. The lowest BCUT2D eigenvalue weighted by Gasteiger charge is -2.35. The molecule has 1 saturated heterocycles. The molecule has 0 aromatic heterocycles. The largest absolute Gasteiger partial charge is 0.357 e. The van der Waals surface area contributed by atoms with E-state index in [9.17, 15) is 8.42 Å². The van der Waals surface area contributed by atoms with Gasteiger partial charge in [0, 0.05) is 38.3 Å². The van der Waals surface area contributed by atoms with Crippen LogP contribution in [0.1, 0.15) is 39.2 Å². The molecule has 0 unspecified atom stereocenters. The van der Waals surface area contributed by atoms with Crippen LogP contribution in [0.5, 0.6) is 0 Å². The number of hydrogen-bond acceptors (Lipinski definition) is 4. The van der Waals surface area contributed by atoms with Crippen molar-refractivity contribution in [1.29, 1.82) is 0 Å². The van der Waals surface area contributed by atoms with Crippen LogP contribution in [-0.4, -0.2) is 57.5 Å². The van der Waals surface area contributed by atoms with Crippen molar-refractivity contribution in [3.05, 3.63) is 29.8 Å². The van der Waals surface area contributed by atoms with Crippen LogP contribution in [-0.2, 0) is 16.4 Å². The molecule has 0 aliphatic carbocycles. The Morgan fingerprint density at radius 3 is 2.36 bits per heavy atom. The van der Waals surface area contributed by atoms with Crippen molar-refractivity contribution in [3.63, 3.8) is 0 Å². The number of sulfonamides is 1. The van der Waals surface area contributed by atoms with Crippen LogP contribution in [0.3, 0.4) is 0 Å². The monoisotopic (exact) mass is 523 g/mol. The van der Waals surface area contributed by atoms with Crippen LogP contribution in [0.2, 0.25) is 0 Å². The Kier molecular flexibility index (Phi) is 10.7. The summed E-state index contributed by atoms with van der Waals surface area (Å²) in [6, 6.07) is 7.72. The van der Waals surface area contributed by atoms with Crippen molar-refractivity contribution < 1.29 is 8.42 Å². The van der Waals surface area contributed by atoms with E-state index in [0.717, 1.165) is 50.4 Å². The molecule has 7 nitrogen and oxygen atoms in total. The summed E-state index contributed by atoms with van der Waals surface area (Å²) in [6.07, 6.45) is 2.99. The Morgan fingerprint density at radius 2 is 1.86 bits per heavy atom. The first-order valence-electron chi connectivity index (χ1n) is 9.70. The molecule has 1 fully saturated rings. The third-order valence-electron chi connectivity index (χ3n) is 4.87. The zero-order chi connectivity index (χ0) is 19.9. The standard InChI is InChI=1S/C19H33N5O2S.HI/c1-4-21-19(23-17-10-13-24(14-11-17)15(2)3)22-12-9-16-5-7-18(8-6-16)27(20,25)26;/h5-8,15,17H,4,9-14H2,1-3H3,(H2,20,25,26)(H2,21,22,23);1H. The average Bonchev–Trinajstić information content (AvgIpc) is 2.62. The SMILES string of the molecule is CCNC(=NCCc1ccc(S(N)(=O)=O)cc1)NC1CCN(C(C)C)CC1.I. The van der Waals surface area contributed by atoms with Gasteiger partial charge >= 0.3 is 0 Å². The van der Waals surface area contributed by atoms with Crippen LogP contribution in [0.4, 0.5) is 0 Å². The van der Waals surface area contributed by atoms with Gasteiger partial charge in [0.15, 0.2) is 5.96 Å². The van der Waals surface area contributed by atoms with Crippen LogP contribution in [0.15, 0.2) is 34.2 Å². The molecule has 160 valence electrons. The fourth-order valence-electron chi connectivity index (χ4n) is 3.22. The molecule has 1 aromatic rings. The number of halogens is 1. The van der Waals surface area contributed by atoms with E-state index < -0.39 is 10.0 Å². The van der Waals surface area contributed by atoms with E-state index in [1.54, 1.807) is 24.3 Å². The maximum Gasteiger partial charge on any atom is 0.238 e. The van der Waals surface area contributed by atoms with Gasteiger partial charge in [-0.15, -0.1) is 24.0 Å². The number of piperidine rings is 1. The molecular weight excluding hydrogens is 489 g/mol. The second-order valence-electron chi connectivity index (χ2n) is 7.25. The zero-order valence-corrected chi connectivity index (χ0v) is 20.2. The minimum absolute atomic E-state index is 0. The lowest BCUT2D eigenvalue weighted by atomic mass is 10.0. The molecule has 0 radical (unpaired) electrons. The van der Waals surface area contributed by atoms with Gasteiger partial charge in [-0.25, -0.2) is 13.6 Å². The van der Waals surface area contributed by atoms with Gasteiger partial charge in [0.1, 0.15) is 0 Å². The van der Waals surface area contributed by atoms with Crippen LogP contribution in [0.25, 0.3) is 0 Å². The van der Waals surface area contributed by atoms with Gasteiger partial charge in [-0.2, -0.15) is 0 Å². The van der Waals surface area contributed by atoms with E-state index in [4.69, 9.17) is 5.14 Å². The van der Waals surface area contributed by atoms with E-state index in [1.165, 1.54) is 0 Å². The lowest BCUT2D eigenvalue weighted by Crippen LogP contribution is -2.49. The number of primary sulfonamides is 1. The number of likely N-dealkylation sites (tertiary alicyclic amines) is 1. The summed E-state index contributed by atoms with van der Waals surface area (Å²) in [5.74, 6) is 0.849. The normalized spacial score (nSPS) is 16.7. The summed E-state index contributed by atoms with van der Waals surface area (Å²) in [5, 5.41) is 12.0. The molecule has 9 heteroatoms. The summed E-state index contributed by atoms with van der Waals surface area (Å²) >= 11 is 0. The summed E-state index contributed by atoms with van der Waals surface area (Å²) < 4.78 is 22.6. The summed E-state index contributed by atoms with van der Waals surface area (Å²) in [5.41, 5.74) is 1.03. The first-order chi connectivity index (χ1) is 12.8. The van der Waals surface area contributed by atoms with Gasteiger partial charge in [-0.3, -0.25) is 4.99 Å². The summed E-state index contributed by atoms with van der Waals surface area (Å²) in [6.45, 7) is 10.2. The molecule has 1 aliphatic heterocycles. The molecule has 2 rings (SSSR count). The second kappa shape index (κ2) is 11.9. The third-order valence-corrected chi connectivity index (χ3v) is 5.80. The molecule has 4 N–H and O–H groups in total. The predicted molar refractivity (Wildman–Crippen MR) is 126 cm³/mol. The van der Waals surface area contributed by atoms with E-state index in [1.807, 2.05) is 0 Å². The van der Waals surface area contributed by atoms with Gasteiger partial charge in [-0.1, -0.05) is 12.1 Å². The molecule has 1 heterocycles. The van der Waals surface area contributed by atoms with Gasteiger partial charge in [-0.05, 0) is 57.7 Å². The fourth-order valence-corrected chi connectivity index (χ4v) is 3.73. The summed E-state index contributed by atoms with van der Waals surface area (Å²) in [7, 11) is -3.64. The first kappa shape index (κ1) is 25.1. The quantitative estimate of drug-likeness (QED) is 0.288. The highest BCUT2D eigenvalue weighted by Crippen LogP contribution is 2.13. The van der Waals surface area contributed by atoms with Crippen molar-refractivity contribution in [2.24, 2.45) is 10.1 Å². The van der Waals surface area contributed by atoms with Crippen LogP contribution < -0.4 is 15.8 Å². The number of nitrogens with zero attached hydrogens (tertiary/aromatic N) is 2. The minimum Gasteiger partial charge on any atom is -0.357 e. The van der Waals surface area contributed by atoms with Crippen molar-refractivity contribution in [2.75, 3.05) is 26.2 Å². The van der Waals surface area contributed by atoms with Crippen molar-refractivity contribution >= 4 is 40.0 Å². The Morgan fingerprint density at radius 1 is 1.25 bits per heavy atom. The van der Waals surface area contributed by atoms with Crippen LogP contribution >= 0.6 is 24.0 Å². The smallest absolute Gasteiger partial charge is 0.238 e. The van der Waals surface area contributed by atoms with Gasteiger partial charge in [0.05, 0.1) is 4.90 Å². The van der Waals surface area contributed by atoms with Gasteiger partial charge in [0.2, 0.25) is 10.0 Å². The lowest BCUT2D eigenvalue weighted by molar-refractivity contribution is 0.167. The van der Waals surface area contributed by atoms with E-state index >= 15 is 0 Å². The van der Waals surface area contributed by atoms with Crippen LogP contribution in [0, 0.1) is 0 Å². The highest BCUT2D eigenvalue weighted by atomic mass is 127. The number of nitrogens with one attached hydrogen (secondary N) is 2. The maximum absolute atomic E-state index is 11.3. The van der Waals surface area contributed by atoms with E-state index in [-0.39, 0.29) is 28.9 Å². The van der Waals surface area contributed by atoms with Crippen molar-refractivity contribution in [3.8, 4) is 0 Å². The minimum atomic E-state index is -3.64. The van der Waals surface area contributed by atoms with Gasteiger partial charge in [0.25, 0.3) is 0 Å². The fraction of sp³-hybridized carbons (Fsp3) is 0.632. The van der Waals surface area contributed by atoms with Crippen molar-refractivity contribution in [1.82, 2.24) is 15.5 Å². The molecule has 1 aromatic carbocycles. The topological polar surface area (TPSA) is 99.8 Å². The number of hydrogen-bond donors (Lipinski definition) is 3. The van der Waals surface area contributed by atoms with Gasteiger partial charge < -0.3 is 15.5 Å². The highest BCUT2D eigenvalue weighted by molar-refractivity contribution is 14.0. The number of benzene rings is 1. The molecule has 0 amide bonds. The molecule has 0 atom stereocenters. The number of rotatable bonds is 7. The molecule has 0 bridgehead atoms. The number of guanidine groups is 1. The summed E-state index contributed by atoms with van der Waals surface area (Å²) in [4.78, 5) is 7.31. The Bertz CT molecular complexity index is 714. The van der Waals surface area contributed by atoms with Crippen molar-refractivity contribution in [2.45, 2.75) is 57.0 Å². The maximum atomic E-state index is 11.3. The molecule has 0 saturated carbocycles. The number of aliphatic imine (C=N–C) groups is 1. The first-order valence-corrected chi connectivity index (χ1v) is 11.2. The average molecular weight is 523 g/mol. The third kappa shape index (κ3) is 8.22. The molecule has 28 heavy (non-hydrogen) atoms. The molecular formula is C19H34IN5O2S. The molecule has 0 spiro atoms.